The molecule has 2 aromatic carbocycles. The average molecular weight is 381 g/mol. The predicted octanol–water partition coefficient (Wildman–Crippen LogP) is 2.55. The Kier molecular flexibility index (Phi) is 4.99. The number of benzene rings is 2. The zero-order valence-electron chi connectivity index (χ0n) is 13.3. The fraction of sp³-hybridized carbons (Fsp3) is 0.235. The van der Waals surface area contributed by atoms with Crippen molar-refractivity contribution in [2.24, 2.45) is 0 Å². The average Bonchev–Trinajstić information content (AvgIpc) is 2.62. The molecule has 0 aliphatic carbocycles. The summed E-state index contributed by atoms with van der Waals surface area (Å²) in [6.45, 7) is 1.73. The van der Waals surface area contributed by atoms with Crippen LogP contribution in [0.25, 0.3) is 0 Å². The number of aromatic carboxylic acids is 1. The number of carboxylic acid groups (broad SMARTS) is 1. The molecule has 1 N–H and O–H groups in total. The maximum Gasteiger partial charge on any atom is 0.335 e. The number of carbonyl (C=O) groups is 1. The van der Waals surface area contributed by atoms with Crippen LogP contribution in [0, 0.1) is 0 Å². The van der Waals surface area contributed by atoms with Gasteiger partial charge in [-0.3, -0.25) is 0 Å². The molecule has 132 valence electrons. The van der Waals surface area contributed by atoms with Gasteiger partial charge in [0.2, 0.25) is 10.0 Å². The molecular formula is C17H17ClN2O4S. The molecule has 25 heavy (non-hydrogen) atoms. The van der Waals surface area contributed by atoms with E-state index in [1.165, 1.54) is 28.6 Å². The number of hydrogen-bond acceptors (Lipinski definition) is 4. The summed E-state index contributed by atoms with van der Waals surface area (Å²) in [7, 11) is -3.71. The summed E-state index contributed by atoms with van der Waals surface area (Å²) in [6.07, 6.45) is 0. The molecule has 0 atom stereocenters. The zero-order valence-corrected chi connectivity index (χ0v) is 14.9. The summed E-state index contributed by atoms with van der Waals surface area (Å²) >= 11 is 6.00. The largest absolute Gasteiger partial charge is 0.478 e. The van der Waals surface area contributed by atoms with Gasteiger partial charge in [0.1, 0.15) is 0 Å². The second-order valence-corrected chi connectivity index (χ2v) is 8.08. The lowest BCUT2D eigenvalue weighted by molar-refractivity contribution is 0.0696. The minimum absolute atomic E-state index is 0.00334. The molecule has 1 saturated heterocycles. The van der Waals surface area contributed by atoms with Crippen molar-refractivity contribution >= 4 is 33.3 Å². The molecule has 0 radical (unpaired) electrons. The maximum atomic E-state index is 12.8. The van der Waals surface area contributed by atoms with E-state index < -0.39 is 16.0 Å². The van der Waals surface area contributed by atoms with Crippen LogP contribution in [-0.4, -0.2) is 50.0 Å². The second kappa shape index (κ2) is 7.03. The molecule has 0 saturated carbocycles. The number of sulfonamides is 1. The molecule has 1 aliphatic heterocycles. The number of nitrogens with zero attached hydrogens (tertiary/aromatic N) is 2. The lowest BCUT2D eigenvalue weighted by Gasteiger charge is -2.35. The van der Waals surface area contributed by atoms with Gasteiger partial charge in [-0.15, -0.1) is 0 Å². The van der Waals surface area contributed by atoms with E-state index in [0.29, 0.717) is 31.2 Å². The molecule has 3 rings (SSSR count). The summed E-state index contributed by atoms with van der Waals surface area (Å²) in [4.78, 5) is 13.1. The van der Waals surface area contributed by atoms with Gasteiger partial charge in [0, 0.05) is 36.9 Å². The first-order valence-electron chi connectivity index (χ1n) is 7.72. The minimum atomic E-state index is -3.71. The van der Waals surface area contributed by atoms with Crippen molar-refractivity contribution in [2.45, 2.75) is 4.90 Å². The van der Waals surface area contributed by atoms with Crippen molar-refractivity contribution in [1.29, 1.82) is 0 Å². The van der Waals surface area contributed by atoms with Crippen molar-refractivity contribution in [1.82, 2.24) is 4.31 Å². The Balaban J connectivity index is 1.75. The van der Waals surface area contributed by atoms with E-state index in [1.807, 2.05) is 18.2 Å². The summed E-state index contributed by atoms with van der Waals surface area (Å²) in [5, 5.41) is 9.68. The van der Waals surface area contributed by atoms with Gasteiger partial charge in [0.05, 0.1) is 10.5 Å². The van der Waals surface area contributed by atoms with Gasteiger partial charge in [0.15, 0.2) is 0 Å². The second-order valence-electron chi connectivity index (χ2n) is 5.70. The standard InChI is InChI=1S/C17H17ClN2O4S/c18-14-4-2-5-15(12-14)19-7-9-20(10-8-19)25(23,24)16-6-1-3-13(11-16)17(21)22/h1-6,11-12H,7-10H2,(H,21,22). The van der Waals surface area contributed by atoms with Gasteiger partial charge >= 0.3 is 5.97 Å². The molecule has 8 heteroatoms. The highest BCUT2D eigenvalue weighted by atomic mass is 35.5. The third-order valence-corrected chi connectivity index (χ3v) is 6.26. The van der Waals surface area contributed by atoms with Gasteiger partial charge in [-0.25, -0.2) is 13.2 Å². The summed E-state index contributed by atoms with van der Waals surface area (Å²) < 4.78 is 26.9. The molecule has 6 nitrogen and oxygen atoms in total. The highest BCUT2D eigenvalue weighted by Gasteiger charge is 2.29. The van der Waals surface area contributed by atoms with Crippen molar-refractivity contribution in [3.8, 4) is 0 Å². The molecular weight excluding hydrogens is 364 g/mol. The van der Waals surface area contributed by atoms with Crippen LogP contribution in [0.3, 0.4) is 0 Å². The van der Waals surface area contributed by atoms with Crippen LogP contribution in [-0.2, 0) is 10.0 Å². The highest BCUT2D eigenvalue weighted by molar-refractivity contribution is 7.89. The molecule has 2 aromatic rings. The summed E-state index contributed by atoms with van der Waals surface area (Å²) in [5.41, 5.74) is 0.913. The van der Waals surface area contributed by atoms with E-state index in [9.17, 15) is 13.2 Å². The third-order valence-electron chi connectivity index (χ3n) is 4.13. The molecule has 0 aromatic heterocycles. The van der Waals surface area contributed by atoms with Crippen molar-refractivity contribution in [2.75, 3.05) is 31.1 Å². The quantitative estimate of drug-likeness (QED) is 0.881. The van der Waals surface area contributed by atoms with Crippen molar-refractivity contribution in [3.05, 3.63) is 59.1 Å². The number of halogens is 1. The van der Waals surface area contributed by atoms with Gasteiger partial charge < -0.3 is 10.0 Å². The molecule has 0 spiro atoms. The van der Waals surface area contributed by atoms with Crippen molar-refractivity contribution in [3.63, 3.8) is 0 Å². The number of rotatable bonds is 4. The zero-order chi connectivity index (χ0) is 18.0. The molecule has 1 fully saturated rings. The fourth-order valence-electron chi connectivity index (χ4n) is 2.80. The Bertz CT molecular complexity index is 893. The van der Waals surface area contributed by atoms with E-state index in [1.54, 1.807) is 6.07 Å². The summed E-state index contributed by atoms with van der Waals surface area (Å²) in [6, 6.07) is 12.9. The highest BCUT2D eigenvalue weighted by Crippen LogP contribution is 2.23. The van der Waals surface area contributed by atoms with Crippen molar-refractivity contribution < 1.29 is 18.3 Å². The molecule has 1 heterocycles. The lowest BCUT2D eigenvalue weighted by atomic mass is 10.2. The van der Waals surface area contributed by atoms with Crippen LogP contribution >= 0.6 is 11.6 Å². The molecule has 1 aliphatic rings. The predicted molar refractivity (Wildman–Crippen MR) is 95.8 cm³/mol. The third kappa shape index (κ3) is 3.78. The SMILES string of the molecule is O=C(O)c1cccc(S(=O)(=O)N2CCN(c3cccc(Cl)c3)CC2)c1. The Morgan fingerprint density at radius 1 is 1.00 bits per heavy atom. The van der Waals surface area contributed by atoms with Crippen LogP contribution < -0.4 is 4.90 Å². The number of piperazine rings is 1. The summed E-state index contributed by atoms with van der Waals surface area (Å²) in [5.74, 6) is -1.15. The molecule has 0 bridgehead atoms. The Morgan fingerprint density at radius 3 is 2.32 bits per heavy atom. The topological polar surface area (TPSA) is 77.9 Å². The Hall–Kier alpha value is -2.09. The van der Waals surface area contributed by atoms with Gasteiger partial charge in [-0.2, -0.15) is 4.31 Å². The van der Waals surface area contributed by atoms with E-state index in [2.05, 4.69) is 4.90 Å². The van der Waals surface area contributed by atoms with Gasteiger partial charge in [0.25, 0.3) is 0 Å². The van der Waals surface area contributed by atoms with Crippen LogP contribution in [0.2, 0.25) is 5.02 Å². The van der Waals surface area contributed by atoms with Crippen LogP contribution in [0.4, 0.5) is 5.69 Å². The monoisotopic (exact) mass is 380 g/mol. The van der Waals surface area contributed by atoms with Crippen LogP contribution in [0.1, 0.15) is 10.4 Å². The first-order chi connectivity index (χ1) is 11.9. The van der Waals surface area contributed by atoms with E-state index >= 15 is 0 Å². The van der Waals surface area contributed by atoms with Gasteiger partial charge in [-0.1, -0.05) is 23.7 Å². The van der Waals surface area contributed by atoms with Gasteiger partial charge in [-0.05, 0) is 36.4 Å². The number of anilines is 1. The van der Waals surface area contributed by atoms with E-state index in [4.69, 9.17) is 16.7 Å². The molecule has 0 unspecified atom stereocenters. The maximum absolute atomic E-state index is 12.8. The number of hydrogen-bond donors (Lipinski definition) is 1. The fourth-order valence-corrected chi connectivity index (χ4v) is 4.45. The minimum Gasteiger partial charge on any atom is -0.478 e. The Labute approximate surface area is 151 Å². The lowest BCUT2D eigenvalue weighted by Crippen LogP contribution is -2.48. The number of carboxylic acids is 1. The normalized spacial score (nSPS) is 16.0. The smallest absolute Gasteiger partial charge is 0.335 e. The van der Waals surface area contributed by atoms with E-state index in [-0.39, 0.29) is 10.5 Å². The van der Waals surface area contributed by atoms with E-state index in [0.717, 1.165) is 5.69 Å². The van der Waals surface area contributed by atoms with Crippen LogP contribution in [0.5, 0.6) is 0 Å². The first-order valence-corrected chi connectivity index (χ1v) is 9.54. The molecule has 0 amide bonds. The van der Waals surface area contributed by atoms with Crippen LogP contribution in [0.15, 0.2) is 53.4 Å². The first kappa shape index (κ1) is 17.7. The Morgan fingerprint density at radius 2 is 1.68 bits per heavy atom.